The summed E-state index contributed by atoms with van der Waals surface area (Å²) in [6, 6.07) is 11.5. The van der Waals surface area contributed by atoms with Gasteiger partial charge in [0.15, 0.2) is 0 Å². The molecular weight excluding hydrogens is 461 g/mol. The summed E-state index contributed by atoms with van der Waals surface area (Å²) in [5, 5.41) is 0.661. The summed E-state index contributed by atoms with van der Waals surface area (Å²) in [5.41, 5.74) is 3.75. The van der Waals surface area contributed by atoms with Crippen molar-refractivity contribution in [3.8, 4) is 10.6 Å². The second-order valence-electron chi connectivity index (χ2n) is 8.42. The highest BCUT2D eigenvalue weighted by molar-refractivity contribution is 7.89. The van der Waals surface area contributed by atoms with Gasteiger partial charge >= 0.3 is 0 Å². The monoisotopic (exact) mass is 485 g/mol. The van der Waals surface area contributed by atoms with Crippen molar-refractivity contribution in [2.24, 2.45) is 0 Å². The maximum atomic E-state index is 13.2. The van der Waals surface area contributed by atoms with Crippen molar-refractivity contribution in [3.05, 3.63) is 70.0 Å². The molecule has 0 saturated carbocycles. The van der Waals surface area contributed by atoms with E-state index in [2.05, 4.69) is 4.98 Å². The van der Waals surface area contributed by atoms with Crippen LogP contribution in [0, 0.1) is 12.7 Å². The molecule has 172 valence electrons. The zero-order valence-electron chi connectivity index (χ0n) is 18.3. The predicted octanol–water partition coefficient (Wildman–Crippen LogP) is 3.89. The van der Waals surface area contributed by atoms with Crippen molar-refractivity contribution in [2.45, 2.75) is 31.1 Å². The Morgan fingerprint density at radius 3 is 2.42 bits per heavy atom. The maximum absolute atomic E-state index is 13.2. The van der Waals surface area contributed by atoms with Gasteiger partial charge in [0.05, 0.1) is 10.6 Å². The van der Waals surface area contributed by atoms with Crippen LogP contribution in [0.15, 0.2) is 47.4 Å². The van der Waals surface area contributed by atoms with Crippen LogP contribution in [0.3, 0.4) is 0 Å². The molecule has 1 aliphatic heterocycles. The Labute approximate surface area is 196 Å². The third kappa shape index (κ3) is 4.20. The number of aryl methyl sites for hydroxylation is 3. The first kappa shape index (κ1) is 22.2. The summed E-state index contributed by atoms with van der Waals surface area (Å²) in [6.07, 6.45) is 3.00. The number of rotatable bonds is 4. The van der Waals surface area contributed by atoms with Gasteiger partial charge in [0.1, 0.15) is 15.7 Å². The molecule has 0 spiro atoms. The summed E-state index contributed by atoms with van der Waals surface area (Å²) in [6.45, 7) is 2.95. The summed E-state index contributed by atoms with van der Waals surface area (Å²) >= 11 is 1.28. The topological polar surface area (TPSA) is 70.6 Å². The SMILES string of the molecule is Cc1nc(-c2ccc(F)cc2)sc1C(=O)N1CCN(S(=O)(=O)c2ccc3c(c2)CCC3)CC1. The summed E-state index contributed by atoms with van der Waals surface area (Å²) < 4.78 is 41.0. The number of hydrogen-bond donors (Lipinski definition) is 0. The van der Waals surface area contributed by atoms with Crippen LogP contribution in [0.4, 0.5) is 4.39 Å². The maximum Gasteiger partial charge on any atom is 0.265 e. The number of benzene rings is 2. The number of piperazine rings is 1. The first-order chi connectivity index (χ1) is 15.8. The lowest BCUT2D eigenvalue weighted by Crippen LogP contribution is -2.50. The molecule has 1 aromatic heterocycles. The van der Waals surface area contributed by atoms with E-state index in [9.17, 15) is 17.6 Å². The van der Waals surface area contributed by atoms with E-state index in [-0.39, 0.29) is 24.8 Å². The highest BCUT2D eigenvalue weighted by atomic mass is 32.2. The van der Waals surface area contributed by atoms with Gasteiger partial charge in [-0.05, 0) is 73.7 Å². The molecule has 2 aromatic carbocycles. The number of hydrogen-bond acceptors (Lipinski definition) is 5. The number of carbonyl (C=O) groups is 1. The lowest BCUT2D eigenvalue weighted by molar-refractivity contribution is 0.0702. The largest absolute Gasteiger partial charge is 0.335 e. The van der Waals surface area contributed by atoms with Gasteiger partial charge in [-0.15, -0.1) is 11.3 Å². The van der Waals surface area contributed by atoms with E-state index in [1.165, 1.54) is 33.3 Å². The van der Waals surface area contributed by atoms with Crippen molar-refractivity contribution >= 4 is 27.3 Å². The first-order valence-electron chi connectivity index (χ1n) is 11.0. The molecular formula is C24H24FN3O3S2. The van der Waals surface area contributed by atoms with Crippen molar-refractivity contribution < 1.29 is 17.6 Å². The Kier molecular flexibility index (Phi) is 5.80. The Bertz CT molecular complexity index is 1310. The molecule has 0 bridgehead atoms. The molecule has 2 heterocycles. The molecule has 5 rings (SSSR count). The van der Waals surface area contributed by atoms with Gasteiger partial charge in [-0.2, -0.15) is 4.31 Å². The number of aromatic nitrogens is 1. The number of sulfonamides is 1. The molecule has 33 heavy (non-hydrogen) atoms. The van der Waals surface area contributed by atoms with Crippen LogP contribution in [-0.4, -0.2) is 54.7 Å². The Morgan fingerprint density at radius 2 is 1.70 bits per heavy atom. The minimum atomic E-state index is -3.59. The molecule has 1 fully saturated rings. The molecule has 3 aromatic rings. The number of fused-ring (bicyclic) bond motifs is 1. The fourth-order valence-corrected chi connectivity index (χ4v) is 6.96. The van der Waals surface area contributed by atoms with Crippen LogP contribution in [0.1, 0.15) is 32.9 Å². The third-order valence-electron chi connectivity index (χ3n) is 6.32. The average molecular weight is 486 g/mol. The van der Waals surface area contributed by atoms with E-state index in [0.29, 0.717) is 33.6 Å². The van der Waals surface area contributed by atoms with E-state index in [4.69, 9.17) is 0 Å². The fraction of sp³-hybridized carbons (Fsp3) is 0.333. The third-order valence-corrected chi connectivity index (χ3v) is 9.40. The van der Waals surface area contributed by atoms with E-state index in [1.807, 2.05) is 12.1 Å². The normalized spacial score (nSPS) is 16.7. The van der Waals surface area contributed by atoms with Gasteiger partial charge < -0.3 is 4.90 Å². The van der Waals surface area contributed by atoms with Gasteiger partial charge in [0.2, 0.25) is 10.0 Å². The van der Waals surface area contributed by atoms with E-state index < -0.39 is 10.0 Å². The second-order valence-corrected chi connectivity index (χ2v) is 11.4. The molecule has 0 radical (unpaired) electrons. The molecule has 1 amide bonds. The van der Waals surface area contributed by atoms with Gasteiger partial charge in [-0.1, -0.05) is 6.07 Å². The standard InChI is InChI=1S/C24H24FN3O3S2/c1-16-22(32-23(26-16)18-5-8-20(25)9-6-18)24(29)27-11-13-28(14-12-27)33(30,31)21-10-7-17-3-2-4-19(17)15-21/h5-10,15H,2-4,11-14H2,1H3. The number of thiazole rings is 1. The Balaban J connectivity index is 1.28. The van der Waals surface area contributed by atoms with E-state index in [0.717, 1.165) is 30.4 Å². The molecule has 0 atom stereocenters. The van der Waals surface area contributed by atoms with Gasteiger partial charge in [0.25, 0.3) is 5.91 Å². The predicted molar refractivity (Wildman–Crippen MR) is 125 cm³/mol. The number of carbonyl (C=O) groups excluding carboxylic acids is 1. The smallest absolute Gasteiger partial charge is 0.265 e. The summed E-state index contributed by atoms with van der Waals surface area (Å²) in [7, 11) is -3.59. The molecule has 1 saturated heterocycles. The number of nitrogens with zero attached hydrogens (tertiary/aromatic N) is 3. The Morgan fingerprint density at radius 1 is 1.00 bits per heavy atom. The Hall–Kier alpha value is -2.62. The van der Waals surface area contributed by atoms with Crippen LogP contribution in [0.25, 0.3) is 10.6 Å². The van der Waals surface area contributed by atoms with Crippen LogP contribution < -0.4 is 0 Å². The molecule has 2 aliphatic rings. The molecule has 1 aliphatic carbocycles. The fourth-order valence-electron chi connectivity index (χ4n) is 4.44. The summed E-state index contributed by atoms with van der Waals surface area (Å²) in [5.74, 6) is -0.469. The van der Waals surface area contributed by atoms with Gasteiger partial charge in [-0.25, -0.2) is 17.8 Å². The molecule has 9 heteroatoms. The highest BCUT2D eigenvalue weighted by Crippen LogP contribution is 2.30. The first-order valence-corrected chi connectivity index (χ1v) is 13.2. The molecule has 0 N–H and O–H groups in total. The lowest BCUT2D eigenvalue weighted by Gasteiger charge is -2.34. The minimum absolute atomic E-state index is 0.145. The van der Waals surface area contributed by atoms with Crippen molar-refractivity contribution in [1.82, 2.24) is 14.2 Å². The van der Waals surface area contributed by atoms with Crippen LogP contribution in [-0.2, 0) is 22.9 Å². The van der Waals surface area contributed by atoms with Crippen molar-refractivity contribution in [3.63, 3.8) is 0 Å². The van der Waals surface area contributed by atoms with Crippen molar-refractivity contribution in [1.29, 1.82) is 0 Å². The van der Waals surface area contributed by atoms with E-state index in [1.54, 1.807) is 30.0 Å². The van der Waals surface area contributed by atoms with E-state index >= 15 is 0 Å². The average Bonchev–Trinajstić information content (AvgIpc) is 3.45. The zero-order valence-corrected chi connectivity index (χ0v) is 19.9. The van der Waals surface area contributed by atoms with Crippen LogP contribution in [0.5, 0.6) is 0 Å². The number of halogens is 1. The second kappa shape index (κ2) is 8.62. The quantitative estimate of drug-likeness (QED) is 0.562. The van der Waals surface area contributed by atoms with Gasteiger partial charge in [-0.3, -0.25) is 4.79 Å². The lowest BCUT2D eigenvalue weighted by atomic mass is 10.1. The van der Waals surface area contributed by atoms with Crippen molar-refractivity contribution in [2.75, 3.05) is 26.2 Å². The van der Waals surface area contributed by atoms with Crippen LogP contribution >= 0.6 is 11.3 Å². The minimum Gasteiger partial charge on any atom is -0.335 e. The molecule has 0 unspecified atom stereocenters. The van der Waals surface area contributed by atoms with Crippen LogP contribution in [0.2, 0.25) is 0 Å². The zero-order chi connectivity index (χ0) is 23.2. The number of amides is 1. The molecule has 6 nitrogen and oxygen atoms in total. The summed E-state index contributed by atoms with van der Waals surface area (Å²) in [4.78, 5) is 20.2. The van der Waals surface area contributed by atoms with Gasteiger partial charge in [0, 0.05) is 31.7 Å². The highest BCUT2D eigenvalue weighted by Gasteiger charge is 2.32.